The number of urea groups is 1. The Morgan fingerprint density at radius 3 is 2.44 bits per heavy atom. The smallest absolute Gasteiger partial charge is 0.338 e. The van der Waals surface area contributed by atoms with Crippen molar-refractivity contribution in [3.63, 3.8) is 0 Å². The maximum atomic E-state index is 12.9. The van der Waals surface area contributed by atoms with Crippen LogP contribution in [-0.4, -0.2) is 55.6 Å². The number of carbonyl (C=O) groups is 3. The van der Waals surface area contributed by atoms with Gasteiger partial charge in [0.15, 0.2) is 0 Å². The van der Waals surface area contributed by atoms with E-state index in [9.17, 15) is 14.4 Å². The van der Waals surface area contributed by atoms with Crippen LogP contribution in [0.4, 0.5) is 10.5 Å². The fraction of sp³-hybridized carbons (Fsp3) is 0.522. The van der Waals surface area contributed by atoms with Gasteiger partial charge in [0.05, 0.1) is 23.6 Å². The summed E-state index contributed by atoms with van der Waals surface area (Å²) in [7, 11) is 1.53. The van der Waals surface area contributed by atoms with Crippen molar-refractivity contribution in [2.75, 3.05) is 38.1 Å². The molecule has 0 saturated carbocycles. The third kappa shape index (κ3) is 6.01. The van der Waals surface area contributed by atoms with Crippen LogP contribution in [-0.2, 0) is 19.1 Å². The highest BCUT2D eigenvalue weighted by atomic mass is 35.5. The quantitative estimate of drug-likeness (QED) is 0.311. The molecule has 176 valence electrons. The van der Waals surface area contributed by atoms with Gasteiger partial charge in [0.2, 0.25) is 5.91 Å². The zero-order valence-corrected chi connectivity index (χ0v) is 20.0. The lowest BCUT2D eigenvalue weighted by atomic mass is 9.94. The van der Waals surface area contributed by atoms with Gasteiger partial charge in [-0.15, -0.1) is 11.6 Å². The van der Waals surface area contributed by atoms with E-state index in [1.807, 2.05) is 6.92 Å². The molecular formula is C23H32ClN3O5. The van der Waals surface area contributed by atoms with Gasteiger partial charge in [-0.3, -0.25) is 9.69 Å². The van der Waals surface area contributed by atoms with E-state index >= 15 is 0 Å². The van der Waals surface area contributed by atoms with Gasteiger partial charge >= 0.3 is 12.0 Å². The molecule has 0 aliphatic carbocycles. The topological polar surface area (TPSA) is 97.0 Å². The van der Waals surface area contributed by atoms with Crippen LogP contribution in [0.5, 0.6) is 0 Å². The number of hydrogen-bond donors (Lipinski definition) is 2. The van der Waals surface area contributed by atoms with Crippen LogP contribution in [0.1, 0.15) is 45.7 Å². The van der Waals surface area contributed by atoms with Crippen LogP contribution in [0.2, 0.25) is 0 Å². The lowest BCUT2D eigenvalue weighted by Gasteiger charge is -2.35. The summed E-state index contributed by atoms with van der Waals surface area (Å²) in [5.41, 5.74) is 1.51. The molecule has 32 heavy (non-hydrogen) atoms. The van der Waals surface area contributed by atoms with Crippen molar-refractivity contribution in [1.29, 1.82) is 0 Å². The molecule has 0 spiro atoms. The van der Waals surface area contributed by atoms with E-state index in [1.54, 1.807) is 49.9 Å². The van der Waals surface area contributed by atoms with Crippen molar-refractivity contribution in [3.05, 3.63) is 41.1 Å². The van der Waals surface area contributed by atoms with E-state index in [-0.39, 0.29) is 31.0 Å². The minimum absolute atomic E-state index is 0.113. The monoisotopic (exact) mass is 465 g/mol. The van der Waals surface area contributed by atoms with Gasteiger partial charge in [0.1, 0.15) is 6.61 Å². The van der Waals surface area contributed by atoms with Crippen LogP contribution in [0.3, 0.4) is 0 Å². The normalized spacial score (nSPS) is 16.6. The number of anilines is 1. The summed E-state index contributed by atoms with van der Waals surface area (Å²) in [5.74, 6) is -0.510. The molecule has 0 saturated heterocycles. The highest BCUT2D eigenvalue weighted by Crippen LogP contribution is 2.32. The van der Waals surface area contributed by atoms with E-state index in [2.05, 4.69) is 10.6 Å². The number of ether oxygens (including phenoxy) is 2. The average molecular weight is 466 g/mol. The molecule has 1 atom stereocenters. The molecule has 0 unspecified atom stereocenters. The second-order valence-electron chi connectivity index (χ2n) is 8.26. The summed E-state index contributed by atoms with van der Waals surface area (Å²) in [6.45, 7) is 8.11. The van der Waals surface area contributed by atoms with Crippen molar-refractivity contribution >= 4 is 35.2 Å². The number of hydrogen-bond acceptors (Lipinski definition) is 5. The Balaban J connectivity index is 2.33. The number of allylic oxidation sites excluding steroid dienone is 1. The van der Waals surface area contributed by atoms with Crippen LogP contribution in [0.25, 0.3) is 0 Å². The van der Waals surface area contributed by atoms with Crippen molar-refractivity contribution in [1.82, 2.24) is 10.2 Å². The Morgan fingerprint density at radius 1 is 1.22 bits per heavy atom. The fourth-order valence-electron chi connectivity index (χ4n) is 3.20. The van der Waals surface area contributed by atoms with E-state index in [0.29, 0.717) is 29.1 Å². The zero-order valence-electron chi connectivity index (χ0n) is 19.3. The summed E-state index contributed by atoms with van der Waals surface area (Å²) in [4.78, 5) is 39.5. The first kappa shape index (κ1) is 25.7. The molecule has 0 radical (unpaired) electrons. The van der Waals surface area contributed by atoms with Crippen LogP contribution < -0.4 is 10.6 Å². The first-order chi connectivity index (χ1) is 15.2. The van der Waals surface area contributed by atoms with Gasteiger partial charge in [0, 0.05) is 30.9 Å². The standard InChI is InChI=1S/C23H32ClN3O5/c1-6-11-27-15(2)18(20(28)32-13-12-31-5)19(26-22(27)30)16-7-9-17(10-8-16)25-21(29)23(3,4)14-24/h7-10,19H,6,11-14H2,1-5H3,(H,25,29)(H,26,30)/t19-/m1/s1. The Kier molecular flexibility index (Phi) is 9.09. The first-order valence-electron chi connectivity index (χ1n) is 10.6. The third-order valence-corrected chi connectivity index (χ3v) is 5.90. The number of halogens is 1. The molecular weight excluding hydrogens is 434 g/mol. The Labute approximate surface area is 194 Å². The molecule has 1 heterocycles. The molecule has 1 aliphatic heterocycles. The predicted octanol–water partition coefficient (Wildman–Crippen LogP) is 3.83. The third-order valence-electron chi connectivity index (χ3n) is 5.23. The lowest BCUT2D eigenvalue weighted by molar-refractivity contribution is -0.141. The largest absolute Gasteiger partial charge is 0.460 e. The molecule has 2 N–H and O–H groups in total. The lowest BCUT2D eigenvalue weighted by Crippen LogP contribution is -2.48. The minimum atomic E-state index is -0.709. The number of carbonyl (C=O) groups excluding carboxylic acids is 3. The SMILES string of the molecule is CCCN1C(=O)N[C@H](c2ccc(NC(=O)C(C)(C)CCl)cc2)C(C(=O)OCCOC)=C1C. The number of benzene rings is 1. The van der Waals surface area contributed by atoms with Gasteiger partial charge in [-0.25, -0.2) is 9.59 Å². The number of nitrogens with zero attached hydrogens (tertiary/aromatic N) is 1. The number of methoxy groups -OCH3 is 1. The maximum absolute atomic E-state index is 12.9. The molecule has 1 aromatic rings. The number of alkyl halides is 1. The van der Waals surface area contributed by atoms with E-state index in [0.717, 1.165) is 6.42 Å². The highest BCUT2D eigenvalue weighted by Gasteiger charge is 2.36. The Hall–Kier alpha value is -2.58. The fourth-order valence-corrected chi connectivity index (χ4v) is 3.33. The summed E-state index contributed by atoms with van der Waals surface area (Å²) in [6, 6.07) is 6.04. The summed E-state index contributed by atoms with van der Waals surface area (Å²) in [6.07, 6.45) is 0.745. The van der Waals surface area contributed by atoms with Crippen molar-refractivity contribution in [3.8, 4) is 0 Å². The number of rotatable bonds is 10. The average Bonchev–Trinajstić information content (AvgIpc) is 2.76. The van der Waals surface area contributed by atoms with Crippen LogP contribution >= 0.6 is 11.6 Å². The number of amides is 3. The summed E-state index contributed by atoms with van der Waals surface area (Å²) >= 11 is 5.87. The molecule has 0 fully saturated rings. The molecule has 0 bridgehead atoms. The second kappa shape index (κ2) is 11.3. The van der Waals surface area contributed by atoms with E-state index in [4.69, 9.17) is 21.1 Å². The van der Waals surface area contributed by atoms with Crippen molar-refractivity contribution < 1.29 is 23.9 Å². The van der Waals surface area contributed by atoms with Gasteiger partial charge < -0.3 is 20.1 Å². The van der Waals surface area contributed by atoms with Crippen molar-refractivity contribution in [2.24, 2.45) is 5.41 Å². The molecule has 3 amide bonds. The molecule has 0 aromatic heterocycles. The Morgan fingerprint density at radius 2 is 1.88 bits per heavy atom. The van der Waals surface area contributed by atoms with E-state index in [1.165, 1.54) is 7.11 Å². The minimum Gasteiger partial charge on any atom is -0.460 e. The van der Waals surface area contributed by atoms with Crippen molar-refractivity contribution in [2.45, 2.75) is 40.2 Å². The van der Waals surface area contributed by atoms with Gasteiger partial charge in [0.25, 0.3) is 0 Å². The van der Waals surface area contributed by atoms with Gasteiger partial charge in [-0.2, -0.15) is 0 Å². The summed E-state index contributed by atoms with van der Waals surface area (Å²) < 4.78 is 10.3. The molecule has 9 heteroatoms. The molecule has 1 aromatic carbocycles. The Bertz CT molecular complexity index is 867. The molecule has 8 nitrogen and oxygen atoms in total. The van der Waals surface area contributed by atoms with Crippen LogP contribution in [0, 0.1) is 5.41 Å². The molecule has 1 aliphatic rings. The predicted molar refractivity (Wildman–Crippen MR) is 123 cm³/mol. The van der Waals surface area contributed by atoms with Crippen LogP contribution in [0.15, 0.2) is 35.5 Å². The van der Waals surface area contributed by atoms with Gasteiger partial charge in [-0.1, -0.05) is 19.1 Å². The molecule has 2 rings (SSSR count). The zero-order chi connectivity index (χ0) is 23.9. The second-order valence-corrected chi connectivity index (χ2v) is 8.52. The van der Waals surface area contributed by atoms with E-state index < -0.39 is 17.4 Å². The highest BCUT2D eigenvalue weighted by molar-refractivity contribution is 6.20. The number of nitrogens with one attached hydrogen (secondary N) is 2. The maximum Gasteiger partial charge on any atom is 0.338 e. The summed E-state index contributed by atoms with van der Waals surface area (Å²) in [5, 5.41) is 5.74. The van der Waals surface area contributed by atoms with Gasteiger partial charge in [-0.05, 0) is 44.9 Å². The number of esters is 1. The first-order valence-corrected chi connectivity index (χ1v) is 11.1.